The molecule has 0 radical (unpaired) electrons. The lowest BCUT2D eigenvalue weighted by molar-refractivity contribution is 0.155. The molecular weight excluding hydrogens is 396 g/mol. The lowest BCUT2D eigenvalue weighted by Crippen LogP contribution is -2.30. The van der Waals surface area contributed by atoms with E-state index in [9.17, 15) is 4.79 Å². The van der Waals surface area contributed by atoms with E-state index in [1.807, 2.05) is 24.6 Å². The van der Waals surface area contributed by atoms with Gasteiger partial charge in [-0.3, -0.25) is 0 Å². The van der Waals surface area contributed by atoms with Crippen LogP contribution in [-0.4, -0.2) is 61.9 Å². The largest absolute Gasteiger partial charge is 0.496 e. The van der Waals surface area contributed by atoms with Crippen molar-refractivity contribution in [1.29, 1.82) is 0 Å². The topological polar surface area (TPSA) is 105 Å². The minimum atomic E-state index is -0.905. The van der Waals surface area contributed by atoms with E-state index < -0.39 is 6.09 Å². The average Bonchev–Trinajstić information content (AvgIpc) is 3.26. The number of benzene rings is 1. The van der Waals surface area contributed by atoms with Gasteiger partial charge >= 0.3 is 6.09 Å². The summed E-state index contributed by atoms with van der Waals surface area (Å²) in [7, 11) is 3.47. The lowest BCUT2D eigenvalue weighted by Gasteiger charge is -2.14. The van der Waals surface area contributed by atoms with Crippen LogP contribution in [0.15, 0.2) is 18.3 Å². The molecule has 0 bridgehead atoms. The van der Waals surface area contributed by atoms with Gasteiger partial charge in [0, 0.05) is 31.2 Å². The fraction of sp³-hybridized carbons (Fsp3) is 0.368. The smallest absolute Gasteiger partial charge is 0.407 e. The Balaban J connectivity index is 1.68. The number of ether oxygens (including phenoxy) is 1. The summed E-state index contributed by atoms with van der Waals surface area (Å²) in [4.78, 5) is 26.2. The van der Waals surface area contributed by atoms with E-state index in [4.69, 9.17) is 21.4 Å². The molecule has 1 fully saturated rings. The normalized spacial score (nSPS) is 16.4. The predicted molar refractivity (Wildman–Crippen MR) is 110 cm³/mol. The summed E-state index contributed by atoms with van der Waals surface area (Å²) in [5, 5.41) is 13.0. The zero-order chi connectivity index (χ0) is 20.7. The maximum Gasteiger partial charge on any atom is 0.407 e. The summed E-state index contributed by atoms with van der Waals surface area (Å²) in [5.41, 5.74) is 2.91. The number of hydrogen-bond donors (Lipinski definition) is 2. The Morgan fingerprint density at radius 1 is 1.38 bits per heavy atom. The molecule has 2 aromatic heterocycles. The molecule has 1 aromatic carbocycles. The van der Waals surface area contributed by atoms with Gasteiger partial charge in [0.15, 0.2) is 11.3 Å². The van der Waals surface area contributed by atoms with Gasteiger partial charge in [0.2, 0.25) is 0 Å². The summed E-state index contributed by atoms with van der Waals surface area (Å²) in [6.07, 6.45) is 1.46. The molecule has 29 heavy (non-hydrogen) atoms. The fourth-order valence-electron chi connectivity index (χ4n) is 3.67. The first kappa shape index (κ1) is 19.3. The molecule has 10 heteroatoms. The molecule has 9 nitrogen and oxygen atoms in total. The van der Waals surface area contributed by atoms with Crippen LogP contribution in [0.2, 0.25) is 5.02 Å². The molecule has 0 unspecified atom stereocenters. The molecule has 4 rings (SSSR count). The van der Waals surface area contributed by atoms with E-state index in [0.717, 1.165) is 17.5 Å². The molecule has 1 saturated heterocycles. The van der Waals surface area contributed by atoms with Crippen molar-refractivity contribution in [3.05, 3.63) is 28.9 Å². The number of rotatable bonds is 4. The number of aryl methyl sites for hydroxylation is 2. The van der Waals surface area contributed by atoms with Crippen molar-refractivity contribution in [3.63, 3.8) is 0 Å². The van der Waals surface area contributed by atoms with Gasteiger partial charge in [-0.25, -0.2) is 19.7 Å². The van der Waals surface area contributed by atoms with Crippen LogP contribution in [0.3, 0.4) is 0 Å². The first-order valence-electron chi connectivity index (χ1n) is 9.15. The Kier molecular flexibility index (Phi) is 4.91. The molecule has 3 aromatic rings. The molecule has 0 saturated carbocycles. The van der Waals surface area contributed by atoms with Crippen molar-refractivity contribution < 1.29 is 14.6 Å². The van der Waals surface area contributed by atoms with Gasteiger partial charge in [0.25, 0.3) is 0 Å². The lowest BCUT2D eigenvalue weighted by atomic mass is 10.1. The van der Waals surface area contributed by atoms with Crippen molar-refractivity contribution >= 4 is 34.8 Å². The monoisotopic (exact) mass is 416 g/mol. The maximum atomic E-state index is 11.1. The van der Waals surface area contributed by atoms with Crippen molar-refractivity contribution in [2.45, 2.75) is 19.4 Å². The third-order valence-electron chi connectivity index (χ3n) is 5.10. The van der Waals surface area contributed by atoms with Crippen LogP contribution in [0.1, 0.15) is 12.0 Å². The molecular formula is C19H21ClN6O3. The molecule has 1 aliphatic rings. The minimum absolute atomic E-state index is 0.000337. The zero-order valence-corrected chi connectivity index (χ0v) is 17.1. The number of imidazole rings is 1. The van der Waals surface area contributed by atoms with Gasteiger partial charge < -0.3 is 24.6 Å². The second-order valence-corrected chi connectivity index (χ2v) is 7.49. The van der Waals surface area contributed by atoms with Gasteiger partial charge in [-0.2, -0.15) is 0 Å². The molecule has 0 aliphatic carbocycles. The van der Waals surface area contributed by atoms with Gasteiger partial charge in [-0.1, -0.05) is 11.6 Å². The molecule has 1 amide bonds. The van der Waals surface area contributed by atoms with E-state index >= 15 is 0 Å². The quantitative estimate of drug-likeness (QED) is 0.672. The standard InChI is InChI=1S/C19H21ClN6O3/c1-10-6-11(20)7-13(29-3)15(10)17-24-16-18(25(17)2)21-8-14(23-16)22-12-4-5-26(9-12)19(27)28/h6-8,12H,4-5,9H2,1-3H3,(H,22,23)(H,27,28)/t12-/m1/s1. The van der Waals surface area contributed by atoms with Crippen LogP contribution in [0.4, 0.5) is 10.6 Å². The number of carbonyl (C=O) groups is 1. The highest BCUT2D eigenvalue weighted by atomic mass is 35.5. The van der Waals surface area contributed by atoms with Crippen LogP contribution in [0.5, 0.6) is 5.75 Å². The number of halogens is 1. The van der Waals surface area contributed by atoms with E-state index in [-0.39, 0.29) is 6.04 Å². The summed E-state index contributed by atoms with van der Waals surface area (Å²) in [6.45, 7) is 2.88. The fourth-order valence-corrected chi connectivity index (χ4v) is 3.94. The molecule has 2 N–H and O–H groups in total. The highest BCUT2D eigenvalue weighted by Crippen LogP contribution is 2.36. The first-order valence-corrected chi connectivity index (χ1v) is 9.53. The van der Waals surface area contributed by atoms with Gasteiger partial charge in [-0.15, -0.1) is 0 Å². The molecule has 1 aliphatic heterocycles. The van der Waals surface area contributed by atoms with Crippen molar-refractivity contribution in [2.24, 2.45) is 7.05 Å². The Bertz CT molecular complexity index is 1100. The Morgan fingerprint density at radius 2 is 2.17 bits per heavy atom. The summed E-state index contributed by atoms with van der Waals surface area (Å²) >= 11 is 6.16. The number of aromatic nitrogens is 4. The molecule has 3 heterocycles. The number of fused-ring (bicyclic) bond motifs is 1. The van der Waals surface area contributed by atoms with Gasteiger partial charge in [0.1, 0.15) is 17.4 Å². The number of hydrogen-bond acceptors (Lipinski definition) is 6. The van der Waals surface area contributed by atoms with E-state index in [1.54, 1.807) is 19.4 Å². The summed E-state index contributed by atoms with van der Waals surface area (Å²) < 4.78 is 7.38. The number of nitrogens with zero attached hydrogens (tertiary/aromatic N) is 5. The summed E-state index contributed by atoms with van der Waals surface area (Å²) in [6, 6.07) is 3.62. The highest BCUT2D eigenvalue weighted by Gasteiger charge is 2.26. The third-order valence-corrected chi connectivity index (χ3v) is 5.32. The minimum Gasteiger partial charge on any atom is -0.496 e. The second-order valence-electron chi connectivity index (χ2n) is 7.06. The van der Waals surface area contributed by atoms with Crippen LogP contribution < -0.4 is 10.1 Å². The van der Waals surface area contributed by atoms with Crippen molar-refractivity contribution in [3.8, 4) is 17.1 Å². The molecule has 152 valence electrons. The highest BCUT2D eigenvalue weighted by molar-refractivity contribution is 6.31. The van der Waals surface area contributed by atoms with Crippen LogP contribution >= 0.6 is 11.6 Å². The zero-order valence-electron chi connectivity index (χ0n) is 16.3. The van der Waals surface area contributed by atoms with Crippen LogP contribution in [0.25, 0.3) is 22.7 Å². The number of methoxy groups -OCH3 is 1. The van der Waals surface area contributed by atoms with E-state index in [2.05, 4.69) is 20.3 Å². The van der Waals surface area contributed by atoms with E-state index in [1.165, 1.54) is 4.90 Å². The molecule has 1 atom stereocenters. The van der Waals surface area contributed by atoms with Crippen LogP contribution in [-0.2, 0) is 7.05 Å². The van der Waals surface area contributed by atoms with Crippen molar-refractivity contribution in [1.82, 2.24) is 24.4 Å². The maximum absolute atomic E-state index is 11.1. The third kappa shape index (κ3) is 3.53. The van der Waals surface area contributed by atoms with E-state index in [0.29, 0.717) is 46.8 Å². The Morgan fingerprint density at radius 3 is 2.86 bits per heavy atom. The van der Waals surface area contributed by atoms with Crippen molar-refractivity contribution in [2.75, 3.05) is 25.5 Å². The number of likely N-dealkylation sites (tertiary alicyclic amines) is 1. The second kappa shape index (κ2) is 7.40. The van der Waals surface area contributed by atoms with Gasteiger partial charge in [-0.05, 0) is 31.0 Å². The SMILES string of the molecule is COc1cc(Cl)cc(C)c1-c1nc2nc(N[C@@H]3CCN(C(=O)O)C3)cnc2n1C. The molecule has 0 spiro atoms. The summed E-state index contributed by atoms with van der Waals surface area (Å²) in [5.74, 6) is 1.88. The Hall–Kier alpha value is -3.07. The van der Waals surface area contributed by atoms with Crippen LogP contribution in [0, 0.1) is 6.92 Å². The predicted octanol–water partition coefficient (Wildman–Crippen LogP) is 3.16. The first-order chi connectivity index (χ1) is 13.9. The Labute approximate surface area is 172 Å². The average molecular weight is 417 g/mol. The van der Waals surface area contributed by atoms with Gasteiger partial charge in [0.05, 0.1) is 18.9 Å². The number of carboxylic acid groups (broad SMARTS) is 1. The number of amides is 1. The number of nitrogens with one attached hydrogen (secondary N) is 1. The number of anilines is 1.